The molecule has 5 rings (SSSR count). The Morgan fingerprint density at radius 1 is 1.20 bits per heavy atom. The van der Waals surface area contributed by atoms with Crippen LogP contribution >= 0.6 is 0 Å². The van der Waals surface area contributed by atoms with Gasteiger partial charge in [-0.15, -0.1) is 5.92 Å². The van der Waals surface area contributed by atoms with Crippen LogP contribution in [0.25, 0.3) is 22.1 Å². The summed E-state index contributed by atoms with van der Waals surface area (Å²) in [4.78, 5) is 42.9. The van der Waals surface area contributed by atoms with Crippen LogP contribution in [0.1, 0.15) is 35.3 Å². The lowest BCUT2D eigenvalue weighted by atomic mass is 10.1. The first-order valence-electron chi connectivity index (χ1n) is 13.0. The first kappa shape index (κ1) is 19.3. The van der Waals surface area contributed by atoms with Crippen molar-refractivity contribution in [2.75, 3.05) is 18.0 Å². The number of piperidine rings is 1. The molecule has 1 saturated heterocycles. The fourth-order valence-electron chi connectivity index (χ4n) is 4.71. The summed E-state index contributed by atoms with van der Waals surface area (Å²) in [6.07, 6.45) is 1.71. The molecule has 1 fully saturated rings. The second kappa shape index (κ2) is 9.00. The van der Waals surface area contributed by atoms with Crippen molar-refractivity contribution in [1.82, 2.24) is 28.7 Å². The number of anilines is 1. The number of rotatable bonds is 4. The zero-order valence-corrected chi connectivity index (χ0v) is 19.7. The smallest absolute Gasteiger partial charge is 0.332 e. The van der Waals surface area contributed by atoms with Crippen molar-refractivity contribution in [1.29, 1.82) is 0 Å². The van der Waals surface area contributed by atoms with Crippen molar-refractivity contribution in [3.8, 4) is 11.8 Å². The van der Waals surface area contributed by atoms with E-state index in [1.165, 1.54) is 4.57 Å². The zero-order valence-electron chi connectivity index (χ0n) is 22.7. The summed E-state index contributed by atoms with van der Waals surface area (Å²) in [7, 11) is 1.55. The molecule has 10 nitrogen and oxygen atoms in total. The minimum absolute atomic E-state index is 0.0701. The number of imidazole rings is 1. The molecule has 1 aliphatic heterocycles. The lowest BCUT2D eigenvalue weighted by molar-refractivity contribution is 0.496. The van der Waals surface area contributed by atoms with E-state index < -0.39 is 18.1 Å². The molecule has 1 atom stereocenters. The van der Waals surface area contributed by atoms with Crippen LogP contribution in [-0.2, 0) is 20.1 Å². The third-order valence-electron chi connectivity index (χ3n) is 6.42. The number of hydrogen-bond donors (Lipinski definition) is 1. The highest BCUT2D eigenvalue weighted by molar-refractivity contribution is 5.80. The molecule has 0 saturated carbocycles. The topological polar surface area (TPSA) is 117 Å². The van der Waals surface area contributed by atoms with Crippen molar-refractivity contribution < 1.29 is 4.11 Å². The molecular weight excluding hydrogens is 444 g/mol. The summed E-state index contributed by atoms with van der Waals surface area (Å²) in [6.45, 7) is 0.366. The molecule has 1 aliphatic rings. The Morgan fingerprint density at radius 2 is 2.03 bits per heavy atom. The van der Waals surface area contributed by atoms with Crippen LogP contribution < -0.4 is 21.9 Å². The van der Waals surface area contributed by atoms with E-state index in [1.54, 1.807) is 11.6 Å². The third-order valence-corrected chi connectivity index (χ3v) is 6.42. The average Bonchev–Trinajstić information content (AvgIpc) is 3.24. The third kappa shape index (κ3) is 3.98. The summed E-state index contributed by atoms with van der Waals surface area (Å²) in [5.74, 6) is 5.67. The van der Waals surface area contributed by atoms with Gasteiger partial charge in [-0.25, -0.2) is 14.8 Å². The molecule has 0 spiro atoms. The van der Waals surface area contributed by atoms with Gasteiger partial charge in [-0.05, 0) is 32.7 Å². The molecule has 3 aromatic heterocycles. The molecule has 2 N–H and O–H groups in total. The molecule has 10 heteroatoms. The van der Waals surface area contributed by atoms with Gasteiger partial charge >= 0.3 is 5.69 Å². The van der Waals surface area contributed by atoms with Crippen LogP contribution in [0.5, 0.6) is 0 Å². The van der Waals surface area contributed by atoms with Gasteiger partial charge in [0.1, 0.15) is 5.82 Å². The minimum Gasteiger partial charge on any atom is -0.341 e. The van der Waals surface area contributed by atoms with Crippen LogP contribution in [0, 0.1) is 18.8 Å². The van der Waals surface area contributed by atoms with Gasteiger partial charge in [0, 0.05) is 41.4 Å². The number of aryl methyl sites for hydroxylation is 2. The maximum Gasteiger partial charge on any atom is 0.332 e. The molecule has 0 aliphatic carbocycles. The second-order valence-corrected chi connectivity index (χ2v) is 8.80. The summed E-state index contributed by atoms with van der Waals surface area (Å²) < 4.78 is 26.2. The van der Waals surface area contributed by atoms with Gasteiger partial charge in [0.25, 0.3) is 5.56 Å². The SMILES string of the molecule is [2H]C([2H])([2H])C#CCn1c(N2CCC[C@@H](N)C2)nc2c1c(=O)n(Cc1nc(C)c3ccccc3n1)c(=O)n2C. The number of para-hydroxylation sites is 1. The second-order valence-electron chi connectivity index (χ2n) is 8.80. The molecule has 4 heterocycles. The van der Waals surface area contributed by atoms with Crippen LogP contribution in [-0.4, -0.2) is 47.8 Å². The van der Waals surface area contributed by atoms with Crippen molar-refractivity contribution in [2.45, 2.75) is 45.7 Å². The Hall–Kier alpha value is -3.97. The van der Waals surface area contributed by atoms with Gasteiger partial charge < -0.3 is 10.6 Å². The first-order chi connectivity index (χ1) is 18.0. The molecule has 4 aromatic rings. The average molecular weight is 476 g/mol. The summed E-state index contributed by atoms with van der Waals surface area (Å²) in [5, 5.41) is 0.891. The molecular formula is C25H28N8O2. The van der Waals surface area contributed by atoms with Gasteiger partial charge in [-0.2, -0.15) is 4.98 Å². The normalized spacial score (nSPS) is 17.6. The fraction of sp³-hybridized carbons (Fsp3) is 0.400. The first-order valence-corrected chi connectivity index (χ1v) is 11.5. The van der Waals surface area contributed by atoms with Gasteiger partial charge in [0.15, 0.2) is 11.2 Å². The summed E-state index contributed by atoms with van der Waals surface area (Å²) in [6, 6.07) is 7.46. The lowest BCUT2D eigenvalue weighted by Crippen LogP contribution is -2.44. The summed E-state index contributed by atoms with van der Waals surface area (Å²) >= 11 is 0. The fourth-order valence-corrected chi connectivity index (χ4v) is 4.71. The molecule has 35 heavy (non-hydrogen) atoms. The number of nitrogens with two attached hydrogens (primary N) is 1. The quantitative estimate of drug-likeness (QED) is 0.440. The van der Waals surface area contributed by atoms with Crippen LogP contribution in [0.15, 0.2) is 33.9 Å². The number of hydrogen-bond acceptors (Lipinski definition) is 7. The zero-order chi connectivity index (χ0) is 27.2. The Morgan fingerprint density at radius 3 is 2.83 bits per heavy atom. The van der Waals surface area contributed by atoms with Crippen LogP contribution in [0.4, 0.5) is 5.95 Å². The van der Waals surface area contributed by atoms with E-state index in [0.717, 1.165) is 34.0 Å². The van der Waals surface area contributed by atoms with Crippen molar-refractivity contribution >= 4 is 28.0 Å². The highest BCUT2D eigenvalue weighted by Gasteiger charge is 2.26. The summed E-state index contributed by atoms with van der Waals surface area (Å²) in [5.41, 5.74) is 6.86. The number of benzene rings is 1. The number of fused-ring (bicyclic) bond motifs is 2. The Balaban J connectivity index is 1.68. The predicted octanol–water partition coefficient (Wildman–Crippen LogP) is 1.15. The van der Waals surface area contributed by atoms with Gasteiger partial charge in [-0.1, -0.05) is 24.1 Å². The molecule has 0 bridgehead atoms. The highest BCUT2D eigenvalue weighted by Crippen LogP contribution is 2.23. The lowest BCUT2D eigenvalue weighted by Gasteiger charge is -2.31. The number of aromatic nitrogens is 6. The molecule has 0 unspecified atom stereocenters. The van der Waals surface area contributed by atoms with E-state index in [-0.39, 0.29) is 30.3 Å². The van der Waals surface area contributed by atoms with Gasteiger partial charge in [0.05, 0.1) is 18.6 Å². The van der Waals surface area contributed by atoms with Crippen molar-refractivity contribution in [3.63, 3.8) is 0 Å². The predicted molar refractivity (Wildman–Crippen MR) is 135 cm³/mol. The van der Waals surface area contributed by atoms with Crippen molar-refractivity contribution in [3.05, 3.63) is 56.6 Å². The van der Waals surface area contributed by atoms with E-state index in [1.807, 2.05) is 36.1 Å². The number of nitrogens with zero attached hydrogens (tertiary/aromatic N) is 7. The van der Waals surface area contributed by atoms with Crippen LogP contribution in [0.2, 0.25) is 0 Å². The van der Waals surface area contributed by atoms with E-state index in [2.05, 4.69) is 26.8 Å². The van der Waals surface area contributed by atoms with Gasteiger partial charge in [-0.3, -0.25) is 18.5 Å². The van der Waals surface area contributed by atoms with E-state index in [4.69, 9.17) is 9.85 Å². The standard InChI is InChI=1S/C25H28N8O2/c1-4-5-13-32-21-22(29-24(32)31-12-8-9-17(26)14-31)30(3)25(35)33(23(21)34)15-20-27-16(2)18-10-6-7-11-19(18)28-20/h6-7,10-11,17H,8-9,12-15,26H2,1-3H3/t17-/m1/s1/i1D3. The molecule has 1 aromatic carbocycles. The maximum absolute atomic E-state index is 13.8. The van der Waals surface area contributed by atoms with Crippen molar-refractivity contribution in [2.24, 2.45) is 12.8 Å². The van der Waals surface area contributed by atoms with Crippen LogP contribution in [0.3, 0.4) is 0 Å². The largest absolute Gasteiger partial charge is 0.341 e. The Kier molecular flexibility index (Phi) is 4.97. The van der Waals surface area contributed by atoms with E-state index in [0.29, 0.717) is 24.9 Å². The molecule has 180 valence electrons. The Bertz CT molecular complexity index is 1720. The highest BCUT2D eigenvalue weighted by atomic mass is 16.2. The van der Waals surface area contributed by atoms with Gasteiger partial charge in [0.2, 0.25) is 5.95 Å². The van der Waals surface area contributed by atoms with E-state index >= 15 is 0 Å². The monoisotopic (exact) mass is 475 g/mol. The molecule has 0 radical (unpaired) electrons. The molecule has 0 amide bonds. The van der Waals surface area contributed by atoms with E-state index in [9.17, 15) is 9.59 Å². The Labute approximate surface area is 206 Å². The maximum atomic E-state index is 13.8. The minimum atomic E-state index is -2.44.